The van der Waals surface area contributed by atoms with Crippen LogP contribution >= 0.6 is 0 Å². The van der Waals surface area contributed by atoms with Crippen LogP contribution in [0.25, 0.3) is 0 Å². The molecule has 0 saturated carbocycles. The number of hydrogen-bond acceptors (Lipinski definition) is 3. The summed E-state index contributed by atoms with van der Waals surface area (Å²) in [4.78, 5) is 34.3. The van der Waals surface area contributed by atoms with E-state index in [-0.39, 0.29) is 18.9 Å². The Labute approximate surface area is 121 Å². The first kappa shape index (κ1) is 16.6. The van der Waals surface area contributed by atoms with Crippen LogP contribution in [0, 0.1) is 0 Å². The molecule has 0 aliphatic heterocycles. The zero-order valence-corrected chi connectivity index (χ0v) is 11.7. The Kier molecular flexibility index (Phi) is 6.32. The van der Waals surface area contributed by atoms with E-state index in [1.54, 1.807) is 6.92 Å². The maximum atomic E-state index is 12.4. The molecule has 0 aliphatic rings. The number of carbonyl (C=O) groups excluding carboxylic acids is 3. The van der Waals surface area contributed by atoms with Crippen LogP contribution in [0.3, 0.4) is 0 Å². The molecular formula is C14H18FN3O3. The standard InChI is InChI=1S/C14H18FN3O3/c1-2-12(19)18-11(13(16)20)8-17-14(21)10-5-3-9(7-15)4-6-10/h3-6,11H,2,7-8H2,1H3,(H2,16,20)(H,17,21)(H,18,19). The largest absolute Gasteiger partial charge is 0.368 e. The maximum absolute atomic E-state index is 12.4. The Morgan fingerprint density at radius 3 is 2.33 bits per heavy atom. The van der Waals surface area contributed by atoms with Crippen molar-refractivity contribution in [2.75, 3.05) is 6.54 Å². The molecule has 3 amide bonds. The number of rotatable bonds is 7. The molecule has 0 aliphatic carbocycles. The second-order valence-corrected chi connectivity index (χ2v) is 4.42. The van der Waals surface area contributed by atoms with Crippen LogP contribution in [0.5, 0.6) is 0 Å². The molecule has 0 fully saturated rings. The minimum Gasteiger partial charge on any atom is -0.368 e. The van der Waals surface area contributed by atoms with E-state index in [9.17, 15) is 18.8 Å². The fourth-order valence-corrected chi connectivity index (χ4v) is 1.56. The first-order chi connectivity index (χ1) is 9.97. The number of primary amides is 1. The van der Waals surface area contributed by atoms with Crippen molar-refractivity contribution in [3.63, 3.8) is 0 Å². The molecule has 1 aromatic carbocycles. The SMILES string of the molecule is CCC(=O)NC(CNC(=O)c1ccc(CF)cc1)C(N)=O. The normalized spacial score (nSPS) is 11.5. The fourth-order valence-electron chi connectivity index (χ4n) is 1.56. The van der Waals surface area contributed by atoms with Crippen molar-refractivity contribution in [1.82, 2.24) is 10.6 Å². The summed E-state index contributed by atoms with van der Waals surface area (Å²) >= 11 is 0. The summed E-state index contributed by atoms with van der Waals surface area (Å²) < 4.78 is 12.4. The van der Waals surface area contributed by atoms with Crippen molar-refractivity contribution < 1.29 is 18.8 Å². The average Bonchev–Trinajstić information content (AvgIpc) is 2.50. The van der Waals surface area contributed by atoms with Gasteiger partial charge in [-0.3, -0.25) is 14.4 Å². The Balaban J connectivity index is 2.59. The molecule has 6 nitrogen and oxygen atoms in total. The van der Waals surface area contributed by atoms with Crippen LogP contribution in [0.1, 0.15) is 29.3 Å². The minimum absolute atomic E-state index is 0.106. The second kappa shape index (κ2) is 7.98. The Bertz CT molecular complexity index is 517. The van der Waals surface area contributed by atoms with E-state index in [4.69, 9.17) is 5.73 Å². The number of hydrogen-bond donors (Lipinski definition) is 3. The van der Waals surface area contributed by atoms with E-state index in [1.807, 2.05) is 0 Å². The predicted molar refractivity (Wildman–Crippen MR) is 75.0 cm³/mol. The van der Waals surface area contributed by atoms with Gasteiger partial charge in [0.15, 0.2) is 0 Å². The average molecular weight is 295 g/mol. The fraction of sp³-hybridized carbons (Fsp3) is 0.357. The molecule has 0 saturated heterocycles. The third-order valence-corrected chi connectivity index (χ3v) is 2.84. The first-order valence-corrected chi connectivity index (χ1v) is 6.49. The van der Waals surface area contributed by atoms with Gasteiger partial charge in [-0.1, -0.05) is 19.1 Å². The molecule has 1 rings (SSSR count). The lowest BCUT2D eigenvalue weighted by molar-refractivity contribution is -0.127. The number of amides is 3. The predicted octanol–water partition coefficient (Wildman–Crippen LogP) is 0.266. The number of nitrogens with two attached hydrogens (primary N) is 1. The number of halogens is 1. The Morgan fingerprint density at radius 2 is 1.86 bits per heavy atom. The summed E-state index contributed by atoms with van der Waals surface area (Å²) in [7, 11) is 0. The van der Waals surface area contributed by atoms with Gasteiger partial charge in [0.2, 0.25) is 11.8 Å². The van der Waals surface area contributed by atoms with E-state index < -0.39 is 24.5 Å². The number of nitrogens with one attached hydrogen (secondary N) is 2. The number of carbonyl (C=O) groups is 3. The summed E-state index contributed by atoms with van der Waals surface area (Å²) in [5.41, 5.74) is 5.96. The lowest BCUT2D eigenvalue weighted by Gasteiger charge is -2.15. The second-order valence-electron chi connectivity index (χ2n) is 4.42. The third-order valence-electron chi connectivity index (χ3n) is 2.84. The molecule has 0 heterocycles. The van der Waals surface area contributed by atoms with Crippen LogP contribution in [0.2, 0.25) is 0 Å². The lowest BCUT2D eigenvalue weighted by Crippen LogP contribution is -2.51. The van der Waals surface area contributed by atoms with Crippen LogP contribution < -0.4 is 16.4 Å². The van der Waals surface area contributed by atoms with Gasteiger partial charge < -0.3 is 16.4 Å². The molecular weight excluding hydrogens is 277 g/mol. The third kappa shape index (κ3) is 5.21. The number of benzene rings is 1. The molecule has 21 heavy (non-hydrogen) atoms. The van der Waals surface area contributed by atoms with E-state index >= 15 is 0 Å². The Morgan fingerprint density at radius 1 is 1.24 bits per heavy atom. The molecule has 1 unspecified atom stereocenters. The molecule has 114 valence electrons. The van der Waals surface area contributed by atoms with Gasteiger partial charge in [-0.05, 0) is 17.7 Å². The minimum atomic E-state index is -0.966. The van der Waals surface area contributed by atoms with Gasteiger partial charge in [-0.15, -0.1) is 0 Å². The van der Waals surface area contributed by atoms with E-state index in [1.165, 1.54) is 24.3 Å². The van der Waals surface area contributed by atoms with Gasteiger partial charge in [-0.25, -0.2) is 4.39 Å². The summed E-state index contributed by atoms with van der Waals surface area (Å²) in [6.45, 7) is 0.928. The molecule has 7 heteroatoms. The summed E-state index contributed by atoms with van der Waals surface area (Å²) in [6, 6.07) is 4.99. The molecule has 1 atom stereocenters. The highest BCUT2D eigenvalue weighted by molar-refractivity contribution is 5.95. The van der Waals surface area contributed by atoms with Gasteiger partial charge >= 0.3 is 0 Å². The van der Waals surface area contributed by atoms with Gasteiger partial charge in [-0.2, -0.15) is 0 Å². The topological polar surface area (TPSA) is 101 Å². The molecule has 0 aromatic heterocycles. The van der Waals surface area contributed by atoms with Crippen LogP contribution in [0.15, 0.2) is 24.3 Å². The first-order valence-electron chi connectivity index (χ1n) is 6.49. The van der Waals surface area contributed by atoms with E-state index in [0.29, 0.717) is 11.1 Å². The molecule has 0 bridgehead atoms. The van der Waals surface area contributed by atoms with Crippen molar-refractivity contribution >= 4 is 17.7 Å². The number of alkyl halides is 1. The highest BCUT2D eigenvalue weighted by atomic mass is 19.1. The van der Waals surface area contributed by atoms with Crippen molar-refractivity contribution in [2.45, 2.75) is 26.1 Å². The van der Waals surface area contributed by atoms with Crippen molar-refractivity contribution in [3.05, 3.63) is 35.4 Å². The van der Waals surface area contributed by atoms with E-state index in [2.05, 4.69) is 10.6 Å². The quantitative estimate of drug-likeness (QED) is 0.672. The molecule has 0 spiro atoms. The summed E-state index contributed by atoms with van der Waals surface area (Å²) in [5.74, 6) is -1.50. The van der Waals surface area contributed by atoms with Crippen LogP contribution in [-0.2, 0) is 16.3 Å². The molecule has 1 aromatic rings. The van der Waals surface area contributed by atoms with Gasteiger partial charge in [0.25, 0.3) is 5.91 Å². The smallest absolute Gasteiger partial charge is 0.251 e. The van der Waals surface area contributed by atoms with E-state index in [0.717, 1.165) is 0 Å². The van der Waals surface area contributed by atoms with Crippen molar-refractivity contribution in [1.29, 1.82) is 0 Å². The van der Waals surface area contributed by atoms with Gasteiger partial charge in [0.05, 0.1) is 0 Å². The highest BCUT2D eigenvalue weighted by Gasteiger charge is 2.18. The zero-order chi connectivity index (χ0) is 15.8. The van der Waals surface area contributed by atoms with Gasteiger partial charge in [0.1, 0.15) is 12.7 Å². The molecule has 0 radical (unpaired) electrons. The summed E-state index contributed by atoms with van der Waals surface area (Å²) in [5, 5.41) is 4.91. The zero-order valence-electron chi connectivity index (χ0n) is 11.7. The lowest BCUT2D eigenvalue weighted by atomic mass is 10.1. The Hall–Kier alpha value is -2.44. The molecule has 4 N–H and O–H groups in total. The monoisotopic (exact) mass is 295 g/mol. The summed E-state index contributed by atoms with van der Waals surface area (Å²) in [6.07, 6.45) is 0.211. The maximum Gasteiger partial charge on any atom is 0.251 e. The van der Waals surface area contributed by atoms with Crippen molar-refractivity contribution in [2.24, 2.45) is 5.73 Å². The highest BCUT2D eigenvalue weighted by Crippen LogP contribution is 2.05. The van der Waals surface area contributed by atoms with Gasteiger partial charge in [0, 0.05) is 18.5 Å². The van der Waals surface area contributed by atoms with Crippen molar-refractivity contribution in [3.8, 4) is 0 Å². The van der Waals surface area contributed by atoms with Crippen LogP contribution in [-0.4, -0.2) is 30.3 Å². The van der Waals surface area contributed by atoms with Crippen LogP contribution in [0.4, 0.5) is 4.39 Å².